The van der Waals surface area contributed by atoms with E-state index in [2.05, 4.69) is 5.32 Å². The van der Waals surface area contributed by atoms with Gasteiger partial charge >= 0.3 is 0 Å². The van der Waals surface area contributed by atoms with Crippen molar-refractivity contribution < 1.29 is 19.5 Å². The standard InChI is InChI=1S/C9H18N2O2.C2H4O2.2C2H6/c1-4-8(13)11-7(6-12)5-9(2,3)10;1-2(3)4;2*1-2/h6-7H,4-5,10H2,1-3H3,(H,11,13);1H3,(H,3,4);2*1-2H3. The van der Waals surface area contributed by atoms with E-state index in [1.54, 1.807) is 6.92 Å². The lowest BCUT2D eigenvalue weighted by molar-refractivity contribution is -0.134. The van der Waals surface area contributed by atoms with Crippen LogP contribution in [0.25, 0.3) is 0 Å². The second kappa shape index (κ2) is 18.6. The average molecular weight is 306 g/mol. The minimum absolute atomic E-state index is 0.124. The number of carbonyl (C=O) groups excluding carboxylic acids is 2. The van der Waals surface area contributed by atoms with Gasteiger partial charge in [-0.3, -0.25) is 9.59 Å². The Morgan fingerprint density at radius 2 is 1.57 bits per heavy atom. The van der Waals surface area contributed by atoms with Crippen LogP contribution in [0.2, 0.25) is 0 Å². The molecule has 0 saturated carbocycles. The van der Waals surface area contributed by atoms with Gasteiger partial charge in [0, 0.05) is 18.9 Å². The van der Waals surface area contributed by atoms with Crippen LogP contribution in [-0.4, -0.2) is 34.8 Å². The fraction of sp³-hybridized carbons (Fsp3) is 0.800. The Kier molecular flexibility index (Phi) is 24.6. The molecule has 21 heavy (non-hydrogen) atoms. The molecule has 0 aliphatic carbocycles. The number of nitrogens with one attached hydrogen (secondary N) is 1. The molecule has 1 atom stereocenters. The molecule has 6 heteroatoms. The van der Waals surface area contributed by atoms with Crippen molar-refractivity contribution in [2.45, 2.75) is 79.8 Å². The maximum Gasteiger partial charge on any atom is 0.300 e. The molecule has 0 radical (unpaired) electrons. The molecule has 1 amide bonds. The molecular formula is C15H34N2O4. The van der Waals surface area contributed by atoms with E-state index in [-0.39, 0.29) is 5.91 Å². The Labute approximate surface area is 129 Å². The van der Waals surface area contributed by atoms with Crippen molar-refractivity contribution >= 4 is 18.2 Å². The third-order valence-electron chi connectivity index (χ3n) is 1.58. The van der Waals surface area contributed by atoms with E-state index in [1.807, 2.05) is 41.5 Å². The van der Waals surface area contributed by atoms with E-state index < -0.39 is 17.6 Å². The van der Waals surface area contributed by atoms with Crippen molar-refractivity contribution in [1.29, 1.82) is 0 Å². The first-order valence-electron chi connectivity index (χ1n) is 7.35. The summed E-state index contributed by atoms with van der Waals surface area (Å²) in [5.74, 6) is -0.957. The highest BCUT2D eigenvalue weighted by Crippen LogP contribution is 2.06. The molecule has 0 spiro atoms. The zero-order chi connectivity index (χ0) is 18.1. The van der Waals surface area contributed by atoms with Crippen LogP contribution in [-0.2, 0) is 14.4 Å². The second-order valence-electron chi connectivity index (χ2n) is 4.38. The van der Waals surface area contributed by atoms with Crippen molar-refractivity contribution in [2.24, 2.45) is 5.73 Å². The smallest absolute Gasteiger partial charge is 0.300 e. The molecule has 0 aromatic heterocycles. The van der Waals surface area contributed by atoms with Crippen LogP contribution in [0.15, 0.2) is 0 Å². The summed E-state index contributed by atoms with van der Waals surface area (Å²) < 4.78 is 0. The monoisotopic (exact) mass is 306 g/mol. The Balaban J connectivity index is -0.000000151. The van der Waals surface area contributed by atoms with Crippen molar-refractivity contribution in [3.63, 3.8) is 0 Å². The number of aliphatic carboxylic acids is 1. The van der Waals surface area contributed by atoms with E-state index >= 15 is 0 Å². The molecule has 0 bridgehead atoms. The zero-order valence-electron chi connectivity index (χ0n) is 14.8. The number of carboxylic acid groups (broad SMARTS) is 1. The molecule has 0 saturated heterocycles. The van der Waals surface area contributed by atoms with E-state index in [0.29, 0.717) is 12.8 Å². The molecule has 0 fully saturated rings. The highest BCUT2D eigenvalue weighted by Gasteiger charge is 2.19. The van der Waals surface area contributed by atoms with Gasteiger partial charge in [0.15, 0.2) is 0 Å². The SMILES string of the molecule is CC.CC.CC(=O)O.CCC(=O)NC(C=O)CC(C)(C)N. The number of rotatable bonds is 5. The maximum atomic E-state index is 11.0. The molecule has 0 aliphatic rings. The molecule has 128 valence electrons. The van der Waals surface area contributed by atoms with Crippen molar-refractivity contribution in [3.05, 3.63) is 0 Å². The number of hydrogen-bond donors (Lipinski definition) is 3. The molecule has 0 heterocycles. The molecule has 0 rings (SSSR count). The zero-order valence-corrected chi connectivity index (χ0v) is 14.8. The van der Waals surface area contributed by atoms with Gasteiger partial charge < -0.3 is 21.0 Å². The van der Waals surface area contributed by atoms with Gasteiger partial charge in [-0.05, 0) is 20.3 Å². The number of amides is 1. The molecule has 1 unspecified atom stereocenters. The summed E-state index contributed by atoms with van der Waals surface area (Å²) in [7, 11) is 0. The van der Waals surface area contributed by atoms with Crippen LogP contribution in [0.1, 0.15) is 68.2 Å². The summed E-state index contributed by atoms with van der Waals surface area (Å²) >= 11 is 0. The maximum absolute atomic E-state index is 11.0. The highest BCUT2D eigenvalue weighted by molar-refractivity contribution is 5.79. The van der Waals surface area contributed by atoms with Gasteiger partial charge in [-0.15, -0.1) is 0 Å². The first kappa shape index (κ1) is 27.8. The summed E-state index contributed by atoms with van der Waals surface area (Å²) in [4.78, 5) is 30.5. The average Bonchev–Trinajstić information content (AvgIpc) is 2.40. The van der Waals surface area contributed by atoms with Crippen LogP contribution >= 0.6 is 0 Å². The lowest BCUT2D eigenvalue weighted by Crippen LogP contribution is -2.44. The van der Waals surface area contributed by atoms with Gasteiger partial charge in [-0.2, -0.15) is 0 Å². The lowest BCUT2D eigenvalue weighted by atomic mass is 9.97. The van der Waals surface area contributed by atoms with Crippen LogP contribution in [0.3, 0.4) is 0 Å². The van der Waals surface area contributed by atoms with Gasteiger partial charge in [0.05, 0.1) is 6.04 Å². The summed E-state index contributed by atoms with van der Waals surface area (Å²) in [5.41, 5.74) is 5.28. The number of aldehydes is 1. The highest BCUT2D eigenvalue weighted by atomic mass is 16.4. The molecule has 4 N–H and O–H groups in total. The van der Waals surface area contributed by atoms with Crippen LogP contribution in [0, 0.1) is 0 Å². The minimum Gasteiger partial charge on any atom is -0.481 e. The Morgan fingerprint density at radius 3 is 1.76 bits per heavy atom. The van der Waals surface area contributed by atoms with E-state index in [1.165, 1.54) is 0 Å². The number of nitrogens with two attached hydrogens (primary N) is 1. The number of hydrogen-bond acceptors (Lipinski definition) is 4. The van der Waals surface area contributed by atoms with Gasteiger partial charge in [0.2, 0.25) is 5.91 Å². The van der Waals surface area contributed by atoms with E-state index in [0.717, 1.165) is 13.2 Å². The van der Waals surface area contributed by atoms with Crippen molar-refractivity contribution in [1.82, 2.24) is 5.32 Å². The van der Waals surface area contributed by atoms with Crippen LogP contribution < -0.4 is 11.1 Å². The van der Waals surface area contributed by atoms with Crippen molar-refractivity contribution in [3.8, 4) is 0 Å². The first-order valence-corrected chi connectivity index (χ1v) is 7.35. The van der Waals surface area contributed by atoms with Gasteiger partial charge in [0.1, 0.15) is 6.29 Å². The Morgan fingerprint density at radius 1 is 1.24 bits per heavy atom. The molecule has 0 aromatic carbocycles. The van der Waals surface area contributed by atoms with E-state index in [9.17, 15) is 9.59 Å². The fourth-order valence-electron chi connectivity index (χ4n) is 1.01. The summed E-state index contributed by atoms with van der Waals surface area (Å²) in [6, 6.07) is -0.465. The van der Waals surface area contributed by atoms with Crippen molar-refractivity contribution in [2.75, 3.05) is 0 Å². The van der Waals surface area contributed by atoms with Gasteiger partial charge in [-0.25, -0.2) is 0 Å². The Hall–Kier alpha value is -1.43. The summed E-state index contributed by atoms with van der Waals surface area (Å²) in [5, 5.41) is 10.0. The minimum atomic E-state index is -0.833. The van der Waals surface area contributed by atoms with Crippen LogP contribution in [0.5, 0.6) is 0 Å². The van der Waals surface area contributed by atoms with Gasteiger partial charge in [-0.1, -0.05) is 34.6 Å². The first-order chi connectivity index (χ1) is 9.62. The predicted octanol–water partition coefficient (Wildman–Crippen LogP) is 2.35. The van der Waals surface area contributed by atoms with Gasteiger partial charge in [0.25, 0.3) is 5.97 Å². The number of carbonyl (C=O) groups is 3. The third kappa shape index (κ3) is 38.1. The molecule has 0 aromatic rings. The fourth-order valence-corrected chi connectivity index (χ4v) is 1.01. The summed E-state index contributed by atoms with van der Waals surface area (Å²) in [6.45, 7) is 14.5. The van der Waals surface area contributed by atoms with Crippen LogP contribution in [0.4, 0.5) is 0 Å². The second-order valence-corrected chi connectivity index (χ2v) is 4.38. The molecule has 0 aliphatic heterocycles. The molecular weight excluding hydrogens is 272 g/mol. The summed E-state index contributed by atoms with van der Waals surface area (Å²) in [6.07, 6.45) is 1.57. The third-order valence-corrected chi connectivity index (χ3v) is 1.58. The van der Waals surface area contributed by atoms with E-state index in [4.69, 9.17) is 15.6 Å². The topological polar surface area (TPSA) is 109 Å². The Bertz CT molecular complexity index is 257. The molecule has 6 nitrogen and oxygen atoms in total. The predicted molar refractivity (Wildman–Crippen MR) is 87.2 cm³/mol. The number of carboxylic acids is 1. The largest absolute Gasteiger partial charge is 0.481 e. The normalized spacial score (nSPS) is 10.1. The quantitative estimate of drug-likeness (QED) is 0.675. The lowest BCUT2D eigenvalue weighted by Gasteiger charge is -2.22.